The number of hydrogen-bond donors (Lipinski definition) is 0. The molecule has 1 aromatic rings. The van der Waals surface area contributed by atoms with E-state index in [1.807, 2.05) is 6.26 Å². The number of furan rings is 1. The first-order chi connectivity index (χ1) is 9.93. The fourth-order valence-electron chi connectivity index (χ4n) is 5.44. The Morgan fingerprint density at radius 1 is 1.24 bits per heavy atom. The molecule has 0 bridgehead atoms. The van der Waals surface area contributed by atoms with Crippen molar-refractivity contribution < 1.29 is 4.42 Å². The van der Waals surface area contributed by atoms with Crippen molar-refractivity contribution in [1.82, 2.24) is 0 Å². The Balaban J connectivity index is 1.83. The van der Waals surface area contributed by atoms with Gasteiger partial charge in [-0.25, -0.2) is 0 Å². The third-order valence-electron chi connectivity index (χ3n) is 6.60. The summed E-state index contributed by atoms with van der Waals surface area (Å²) in [6.45, 7) is 9.94. The lowest BCUT2D eigenvalue weighted by Crippen LogP contribution is -2.48. The highest BCUT2D eigenvalue weighted by atomic mass is 16.3. The van der Waals surface area contributed by atoms with Gasteiger partial charge in [0.05, 0.1) is 12.5 Å². The fraction of sp³-hybridized carbons (Fsp3) is 0.700. The second kappa shape index (κ2) is 5.34. The molecule has 0 amide bonds. The van der Waals surface area contributed by atoms with Crippen molar-refractivity contribution in [1.29, 1.82) is 0 Å². The minimum absolute atomic E-state index is 0.490. The molecule has 0 aromatic carbocycles. The second-order valence-electron chi connectivity index (χ2n) is 8.31. The van der Waals surface area contributed by atoms with E-state index in [0.29, 0.717) is 10.8 Å². The van der Waals surface area contributed by atoms with E-state index < -0.39 is 0 Å². The second-order valence-corrected chi connectivity index (χ2v) is 8.31. The van der Waals surface area contributed by atoms with Crippen LogP contribution in [0.1, 0.15) is 65.4 Å². The standard InChI is InChI=1S/C20H30O/c1-15-6-9-18-19(2,3)11-5-12-20(18,4)17(15)8-7-16-10-13-21-14-16/h6,10,13-14,17-18H,5,7-9,11-12H2,1-4H3. The number of allylic oxidation sites excluding steroid dienone is 2. The molecule has 3 rings (SSSR count). The van der Waals surface area contributed by atoms with Crippen LogP contribution in [0.3, 0.4) is 0 Å². The highest BCUT2D eigenvalue weighted by Crippen LogP contribution is 2.60. The van der Waals surface area contributed by atoms with Crippen molar-refractivity contribution in [2.75, 3.05) is 0 Å². The molecule has 0 aliphatic heterocycles. The normalized spacial score (nSPS) is 35.1. The van der Waals surface area contributed by atoms with Crippen molar-refractivity contribution in [3.63, 3.8) is 0 Å². The first-order valence-corrected chi connectivity index (χ1v) is 8.61. The van der Waals surface area contributed by atoms with Gasteiger partial charge in [0.15, 0.2) is 0 Å². The van der Waals surface area contributed by atoms with Gasteiger partial charge in [0, 0.05) is 0 Å². The van der Waals surface area contributed by atoms with Crippen LogP contribution in [0.4, 0.5) is 0 Å². The molecule has 1 nitrogen and oxygen atoms in total. The van der Waals surface area contributed by atoms with Crippen LogP contribution in [0.2, 0.25) is 0 Å². The molecule has 0 N–H and O–H groups in total. The molecule has 21 heavy (non-hydrogen) atoms. The lowest BCUT2D eigenvalue weighted by molar-refractivity contribution is -0.0390. The lowest BCUT2D eigenvalue weighted by atomic mass is 9.48. The molecule has 0 spiro atoms. The van der Waals surface area contributed by atoms with Crippen LogP contribution >= 0.6 is 0 Å². The van der Waals surface area contributed by atoms with E-state index in [4.69, 9.17) is 4.42 Å². The van der Waals surface area contributed by atoms with Gasteiger partial charge >= 0.3 is 0 Å². The van der Waals surface area contributed by atoms with Gasteiger partial charge in [-0.2, -0.15) is 0 Å². The Hall–Kier alpha value is -0.980. The fourth-order valence-corrected chi connectivity index (χ4v) is 5.44. The molecular formula is C20H30O. The van der Waals surface area contributed by atoms with Crippen molar-refractivity contribution in [3.05, 3.63) is 35.8 Å². The van der Waals surface area contributed by atoms with Gasteiger partial charge in [0.25, 0.3) is 0 Å². The molecule has 1 aromatic heterocycles. The molecule has 0 saturated heterocycles. The zero-order valence-corrected chi connectivity index (χ0v) is 14.1. The molecule has 2 aliphatic rings. The first kappa shape index (κ1) is 14.9. The van der Waals surface area contributed by atoms with Crippen molar-refractivity contribution in [3.8, 4) is 0 Å². The van der Waals surface area contributed by atoms with Gasteiger partial charge in [0.1, 0.15) is 0 Å². The van der Waals surface area contributed by atoms with E-state index in [0.717, 1.165) is 18.3 Å². The summed E-state index contributed by atoms with van der Waals surface area (Å²) in [7, 11) is 0. The van der Waals surface area contributed by atoms with Crippen LogP contribution in [-0.2, 0) is 6.42 Å². The summed E-state index contributed by atoms with van der Waals surface area (Å²) in [5.74, 6) is 1.59. The van der Waals surface area contributed by atoms with E-state index in [9.17, 15) is 0 Å². The number of aryl methyl sites for hydroxylation is 1. The van der Waals surface area contributed by atoms with E-state index in [-0.39, 0.29) is 0 Å². The summed E-state index contributed by atoms with van der Waals surface area (Å²) >= 11 is 0. The summed E-state index contributed by atoms with van der Waals surface area (Å²) in [6, 6.07) is 2.12. The Labute approximate surface area is 129 Å². The van der Waals surface area contributed by atoms with E-state index >= 15 is 0 Å². The third kappa shape index (κ3) is 2.60. The van der Waals surface area contributed by atoms with Gasteiger partial charge in [-0.15, -0.1) is 0 Å². The maximum absolute atomic E-state index is 5.23. The monoisotopic (exact) mass is 286 g/mol. The average Bonchev–Trinajstić information content (AvgIpc) is 2.90. The minimum atomic E-state index is 0.490. The van der Waals surface area contributed by atoms with Crippen LogP contribution in [-0.4, -0.2) is 0 Å². The number of fused-ring (bicyclic) bond motifs is 1. The molecule has 1 heteroatoms. The van der Waals surface area contributed by atoms with Gasteiger partial charge in [-0.05, 0) is 73.3 Å². The quantitative estimate of drug-likeness (QED) is 0.620. The summed E-state index contributed by atoms with van der Waals surface area (Å²) in [6.07, 6.45) is 14.2. The molecule has 3 unspecified atom stereocenters. The van der Waals surface area contributed by atoms with Gasteiger partial charge in [-0.1, -0.05) is 38.8 Å². The highest BCUT2D eigenvalue weighted by molar-refractivity contribution is 5.19. The van der Waals surface area contributed by atoms with Crippen molar-refractivity contribution in [2.24, 2.45) is 22.7 Å². The van der Waals surface area contributed by atoms with Crippen LogP contribution in [0, 0.1) is 22.7 Å². The molecule has 0 radical (unpaired) electrons. The third-order valence-corrected chi connectivity index (χ3v) is 6.60. The molecule has 1 saturated carbocycles. The van der Waals surface area contributed by atoms with Crippen LogP contribution in [0.25, 0.3) is 0 Å². The summed E-state index contributed by atoms with van der Waals surface area (Å²) in [4.78, 5) is 0. The van der Waals surface area contributed by atoms with Gasteiger partial charge < -0.3 is 4.42 Å². The van der Waals surface area contributed by atoms with Gasteiger partial charge in [-0.3, -0.25) is 0 Å². The average molecular weight is 286 g/mol. The predicted molar refractivity (Wildman–Crippen MR) is 88.1 cm³/mol. The summed E-state index contributed by atoms with van der Waals surface area (Å²) in [5, 5.41) is 0. The maximum atomic E-state index is 5.23. The molecule has 3 atom stereocenters. The Morgan fingerprint density at radius 3 is 2.76 bits per heavy atom. The highest BCUT2D eigenvalue weighted by Gasteiger charge is 2.51. The SMILES string of the molecule is CC1=CCC2C(C)(C)CCCC2(C)C1CCc1ccoc1. The molecular weight excluding hydrogens is 256 g/mol. The Morgan fingerprint density at radius 2 is 2.05 bits per heavy atom. The summed E-state index contributed by atoms with van der Waals surface area (Å²) < 4.78 is 5.23. The van der Waals surface area contributed by atoms with Crippen LogP contribution < -0.4 is 0 Å². The maximum Gasteiger partial charge on any atom is 0.0934 e. The van der Waals surface area contributed by atoms with Crippen LogP contribution in [0.15, 0.2) is 34.7 Å². The van der Waals surface area contributed by atoms with Crippen LogP contribution in [0.5, 0.6) is 0 Å². The zero-order valence-electron chi connectivity index (χ0n) is 14.1. The number of rotatable bonds is 3. The van der Waals surface area contributed by atoms with Crippen molar-refractivity contribution >= 4 is 0 Å². The van der Waals surface area contributed by atoms with E-state index in [2.05, 4.69) is 39.8 Å². The molecule has 2 aliphatic carbocycles. The largest absolute Gasteiger partial charge is 0.472 e. The van der Waals surface area contributed by atoms with E-state index in [1.165, 1.54) is 37.7 Å². The minimum Gasteiger partial charge on any atom is -0.472 e. The topological polar surface area (TPSA) is 13.1 Å². The Bertz CT molecular complexity index is 508. The molecule has 1 heterocycles. The van der Waals surface area contributed by atoms with Crippen molar-refractivity contribution in [2.45, 2.75) is 66.2 Å². The van der Waals surface area contributed by atoms with Gasteiger partial charge in [0.2, 0.25) is 0 Å². The zero-order chi connectivity index (χ0) is 15.1. The Kier molecular flexibility index (Phi) is 3.80. The lowest BCUT2D eigenvalue weighted by Gasteiger charge is -2.57. The molecule has 116 valence electrons. The summed E-state index contributed by atoms with van der Waals surface area (Å²) in [5.41, 5.74) is 3.97. The predicted octanol–water partition coefficient (Wildman–Crippen LogP) is 6.01. The van der Waals surface area contributed by atoms with E-state index in [1.54, 1.807) is 11.8 Å². The first-order valence-electron chi connectivity index (χ1n) is 8.61. The number of hydrogen-bond acceptors (Lipinski definition) is 1. The smallest absolute Gasteiger partial charge is 0.0934 e. The molecule has 1 fully saturated rings.